The summed E-state index contributed by atoms with van der Waals surface area (Å²) in [6.45, 7) is 0.947. The van der Waals surface area contributed by atoms with Gasteiger partial charge in [-0.25, -0.2) is 4.79 Å². The zero-order chi connectivity index (χ0) is 18.0. The van der Waals surface area contributed by atoms with Gasteiger partial charge in [0.05, 0.1) is 19.3 Å². The summed E-state index contributed by atoms with van der Waals surface area (Å²) in [7, 11) is 2.85. The van der Waals surface area contributed by atoms with E-state index in [1.54, 1.807) is 12.4 Å². The number of aromatic nitrogens is 3. The van der Waals surface area contributed by atoms with Crippen LogP contribution in [0.1, 0.15) is 16.1 Å². The van der Waals surface area contributed by atoms with Crippen LogP contribution in [-0.2, 0) is 25.3 Å². The van der Waals surface area contributed by atoms with E-state index in [-0.39, 0.29) is 17.7 Å². The van der Waals surface area contributed by atoms with E-state index in [2.05, 4.69) is 10.3 Å². The maximum Gasteiger partial charge on any atom is 0.331 e. The molecule has 2 atom stereocenters. The Bertz CT molecular complexity index is 888. The summed E-state index contributed by atoms with van der Waals surface area (Å²) in [5.74, 6) is -0.331. The third kappa shape index (κ3) is 3.53. The number of nitrogens with one attached hydrogen (secondary N) is 1. The van der Waals surface area contributed by atoms with Crippen LogP contribution in [0, 0.1) is 5.92 Å². The van der Waals surface area contributed by atoms with Gasteiger partial charge in [0.2, 0.25) is 0 Å². The highest BCUT2D eigenvalue weighted by atomic mass is 16.5. The molecule has 2 aromatic heterocycles. The topological polar surface area (TPSA) is 95.2 Å². The monoisotopic (exact) mass is 344 g/mol. The fraction of sp³-hybridized carbons (Fsp3) is 0.412. The molecule has 1 amide bonds. The predicted molar refractivity (Wildman–Crippen MR) is 90.4 cm³/mol. The molecule has 0 radical (unpaired) electrons. The van der Waals surface area contributed by atoms with Crippen LogP contribution in [0.5, 0.6) is 0 Å². The molecule has 25 heavy (non-hydrogen) atoms. The zero-order valence-electron chi connectivity index (χ0n) is 14.1. The Kier molecular flexibility index (Phi) is 4.80. The summed E-state index contributed by atoms with van der Waals surface area (Å²) in [6, 6.07) is 4.86. The third-order valence-corrected chi connectivity index (χ3v) is 4.52. The van der Waals surface area contributed by atoms with E-state index in [0.29, 0.717) is 13.2 Å². The minimum absolute atomic E-state index is 0.0441. The van der Waals surface area contributed by atoms with Crippen molar-refractivity contribution in [3.63, 3.8) is 0 Å². The molecule has 0 spiro atoms. The van der Waals surface area contributed by atoms with Crippen LogP contribution in [0.4, 0.5) is 0 Å². The molecular weight excluding hydrogens is 324 g/mol. The first-order chi connectivity index (χ1) is 12.0. The Labute approximate surface area is 144 Å². The smallest absolute Gasteiger partial charge is 0.331 e. The number of carbonyl (C=O) groups excluding carboxylic acids is 1. The molecule has 1 aliphatic heterocycles. The van der Waals surface area contributed by atoms with Crippen molar-refractivity contribution in [2.75, 3.05) is 13.2 Å². The molecule has 1 saturated heterocycles. The van der Waals surface area contributed by atoms with Crippen LogP contribution in [0.15, 0.2) is 40.2 Å². The van der Waals surface area contributed by atoms with Gasteiger partial charge in [0.25, 0.3) is 11.5 Å². The average molecular weight is 344 g/mol. The summed E-state index contributed by atoms with van der Waals surface area (Å²) >= 11 is 0. The summed E-state index contributed by atoms with van der Waals surface area (Å²) in [4.78, 5) is 40.3. The highest BCUT2D eigenvalue weighted by Gasteiger charge is 2.30. The SMILES string of the molecule is Cn1c(C(=O)N[C@H]2COC[C@H]2Cc2ccncc2)cc(=O)n(C)c1=O. The number of nitrogens with zero attached hydrogens (tertiary/aromatic N) is 3. The zero-order valence-corrected chi connectivity index (χ0v) is 14.1. The van der Waals surface area contributed by atoms with Crippen LogP contribution in [-0.4, -0.2) is 39.3 Å². The van der Waals surface area contributed by atoms with Gasteiger partial charge >= 0.3 is 5.69 Å². The molecule has 132 valence electrons. The van der Waals surface area contributed by atoms with Gasteiger partial charge in [0.1, 0.15) is 5.69 Å². The Morgan fingerprint density at radius 3 is 2.68 bits per heavy atom. The molecule has 0 bridgehead atoms. The van der Waals surface area contributed by atoms with E-state index in [4.69, 9.17) is 4.74 Å². The standard InChI is InChI=1S/C17H20N4O4/c1-20-14(8-15(22)21(2)17(20)24)16(23)19-13-10-25-9-12(13)7-11-3-5-18-6-4-11/h3-6,8,12-13H,7,9-10H2,1-2H3,(H,19,23)/t12-,13+/m1/s1. The van der Waals surface area contributed by atoms with Crippen LogP contribution >= 0.6 is 0 Å². The lowest BCUT2D eigenvalue weighted by Gasteiger charge is -2.20. The third-order valence-electron chi connectivity index (χ3n) is 4.52. The van der Waals surface area contributed by atoms with Crippen LogP contribution in [0.25, 0.3) is 0 Å². The van der Waals surface area contributed by atoms with Crippen molar-refractivity contribution in [3.05, 3.63) is 62.7 Å². The number of pyridine rings is 1. The number of hydrogen-bond donors (Lipinski definition) is 1. The molecular formula is C17H20N4O4. The van der Waals surface area contributed by atoms with Crippen molar-refractivity contribution < 1.29 is 9.53 Å². The van der Waals surface area contributed by atoms with Crippen LogP contribution < -0.4 is 16.6 Å². The van der Waals surface area contributed by atoms with E-state index in [1.807, 2.05) is 12.1 Å². The maximum absolute atomic E-state index is 12.6. The lowest BCUT2D eigenvalue weighted by Crippen LogP contribution is -2.45. The minimum Gasteiger partial charge on any atom is -0.379 e. The first kappa shape index (κ1) is 17.1. The maximum atomic E-state index is 12.6. The number of ether oxygens (including phenoxy) is 1. The molecule has 1 N–H and O–H groups in total. The molecule has 0 saturated carbocycles. The first-order valence-corrected chi connectivity index (χ1v) is 8.02. The second kappa shape index (κ2) is 7.02. The minimum atomic E-state index is -0.534. The van der Waals surface area contributed by atoms with Gasteiger partial charge < -0.3 is 10.1 Å². The lowest BCUT2D eigenvalue weighted by atomic mass is 9.95. The second-order valence-electron chi connectivity index (χ2n) is 6.21. The number of rotatable bonds is 4. The molecule has 2 aromatic rings. The highest BCUT2D eigenvalue weighted by molar-refractivity contribution is 5.92. The Morgan fingerprint density at radius 1 is 1.24 bits per heavy atom. The molecule has 0 unspecified atom stereocenters. The molecule has 0 aromatic carbocycles. The Balaban J connectivity index is 1.76. The van der Waals surface area contributed by atoms with Gasteiger partial charge in [-0.15, -0.1) is 0 Å². The molecule has 8 nitrogen and oxygen atoms in total. The summed E-state index contributed by atoms with van der Waals surface area (Å²) in [5, 5.41) is 2.89. The molecule has 1 aliphatic rings. The fourth-order valence-electron chi connectivity index (χ4n) is 2.97. The van der Waals surface area contributed by atoms with Gasteiger partial charge in [-0.1, -0.05) is 0 Å². The van der Waals surface area contributed by atoms with Gasteiger partial charge in [0.15, 0.2) is 0 Å². The normalized spacial score (nSPS) is 19.8. The lowest BCUT2D eigenvalue weighted by molar-refractivity contribution is 0.0914. The molecule has 3 heterocycles. The summed E-state index contributed by atoms with van der Waals surface area (Å²) in [6.07, 6.45) is 4.21. The van der Waals surface area contributed by atoms with Crippen molar-refractivity contribution in [2.45, 2.75) is 12.5 Å². The summed E-state index contributed by atoms with van der Waals surface area (Å²) < 4.78 is 7.64. The second-order valence-corrected chi connectivity index (χ2v) is 6.21. The average Bonchev–Trinajstić information content (AvgIpc) is 3.03. The van der Waals surface area contributed by atoms with Crippen molar-refractivity contribution in [1.82, 2.24) is 19.4 Å². The molecule has 1 fully saturated rings. The van der Waals surface area contributed by atoms with Gasteiger partial charge in [-0.2, -0.15) is 0 Å². The number of amides is 1. The quantitative estimate of drug-likeness (QED) is 0.804. The fourth-order valence-corrected chi connectivity index (χ4v) is 2.97. The van der Waals surface area contributed by atoms with E-state index >= 15 is 0 Å². The number of carbonyl (C=O) groups is 1. The van der Waals surface area contributed by atoms with Crippen molar-refractivity contribution >= 4 is 5.91 Å². The van der Waals surface area contributed by atoms with Gasteiger partial charge in [-0.3, -0.25) is 23.7 Å². The van der Waals surface area contributed by atoms with E-state index < -0.39 is 17.2 Å². The Hall–Kier alpha value is -2.74. The molecule has 0 aliphatic carbocycles. The largest absolute Gasteiger partial charge is 0.379 e. The van der Waals surface area contributed by atoms with Crippen LogP contribution in [0.2, 0.25) is 0 Å². The van der Waals surface area contributed by atoms with Crippen molar-refractivity contribution in [3.8, 4) is 0 Å². The van der Waals surface area contributed by atoms with Gasteiger partial charge in [-0.05, 0) is 24.1 Å². The summed E-state index contributed by atoms with van der Waals surface area (Å²) in [5.41, 5.74) is 0.117. The predicted octanol–water partition coefficient (Wildman–Crippen LogP) is -0.534. The molecule has 8 heteroatoms. The van der Waals surface area contributed by atoms with Crippen LogP contribution in [0.3, 0.4) is 0 Å². The van der Waals surface area contributed by atoms with E-state index in [9.17, 15) is 14.4 Å². The van der Waals surface area contributed by atoms with Crippen molar-refractivity contribution in [1.29, 1.82) is 0 Å². The molecule has 3 rings (SSSR count). The Morgan fingerprint density at radius 2 is 1.96 bits per heavy atom. The van der Waals surface area contributed by atoms with Crippen molar-refractivity contribution in [2.24, 2.45) is 20.0 Å². The van der Waals surface area contributed by atoms with E-state index in [1.165, 1.54) is 24.7 Å². The highest BCUT2D eigenvalue weighted by Crippen LogP contribution is 2.19. The van der Waals surface area contributed by atoms with E-state index in [0.717, 1.165) is 16.6 Å². The first-order valence-electron chi connectivity index (χ1n) is 8.02. The number of hydrogen-bond acceptors (Lipinski definition) is 5. The van der Waals surface area contributed by atoms with Gasteiger partial charge in [0, 0.05) is 38.5 Å².